The van der Waals surface area contributed by atoms with Crippen molar-refractivity contribution in [3.05, 3.63) is 0 Å². The predicted octanol–water partition coefficient (Wildman–Crippen LogP) is -1.36. The summed E-state index contributed by atoms with van der Waals surface area (Å²) in [6.07, 6.45) is 0. The van der Waals surface area contributed by atoms with Crippen molar-refractivity contribution in [3.8, 4) is 0 Å². The smallest absolute Gasteiger partial charge is 2.00 e. The Labute approximate surface area is 100 Å². The van der Waals surface area contributed by atoms with Crippen molar-refractivity contribution in [2.75, 3.05) is 0 Å². The van der Waals surface area contributed by atoms with Gasteiger partial charge in [0, 0.05) is 0 Å². The Morgan fingerprint density at radius 3 is 0.333 bits per heavy atom. The van der Waals surface area contributed by atoms with Crippen LogP contribution < -0.4 is 0 Å². The van der Waals surface area contributed by atoms with Crippen LogP contribution in [0.3, 0.4) is 0 Å². The molecule has 9 heteroatoms. The zero-order valence-corrected chi connectivity index (χ0v) is 12.9. The molecule has 40 valence electrons. The Hall–Kier alpha value is 2.11. The average Bonchev–Trinajstić information content (AvgIpc) is 0. The van der Waals surface area contributed by atoms with Crippen molar-refractivity contribution in [1.82, 2.24) is 0 Å². The molecule has 0 aromatic heterocycles. The quantitative estimate of drug-likeness (QED) is 0.476. The van der Waals surface area contributed by atoms with Crippen LogP contribution in [-0.4, -0.2) is 34.7 Å². The first-order valence-electron chi connectivity index (χ1n) is 0. The van der Waals surface area contributed by atoms with Crippen molar-refractivity contribution in [2.24, 2.45) is 0 Å². The topological polar surface area (TPSA) is 142 Å². The minimum atomic E-state index is 0. The van der Waals surface area contributed by atoms with Gasteiger partial charge in [0.1, 0.15) is 0 Å². The first-order chi connectivity index (χ1) is 0. The van der Waals surface area contributed by atoms with Crippen LogP contribution in [0.1, 0.15) is 0 Å². The first kappa shape index (κ1) is 255. The van der Waals surface area contributed by atoms with E-state index >= 15 is 0 Å². The van der Waals surface area contributed by atoms with Gasteiger partial charge >= 0.3 is 73.7 Å². The van der Waals surface area contributed by atoms with Crippen LogP contribution in [-0.2, 0) is 66.3 Å². The number of rotatable bonds is 0. The molecule has 0 rings (SSSR count). The Balaban J connectivity index is 0. The summed E-state index contributed by atoms with van der Waals surface area (Å²) >= 11 is 0. The van der Waals surface area contributed by atoms with Crippen LogP contribution in [0.2, 0.25) is 0 Å². The Morgan fingerprint density at radius 1 is 0.333 bits per heavy atom. The van der Waals surface area contributed by atoms with Crippen LogP contribution >= 0.6 is 0 Å². The van der Waals surface area contributed by atoms with Gasteiger partial charge in [-0.15, -0.1) is 0 Å². The largest absolute Gasteiger partial charge is 3.00 e. The molecule has 0 aliphatic heterocycles. The first-order valence-corrected chi connectivity index (χ1v) is 0. The fourth-order valence-corrected chi connectivity index (χ4v) is 0. The molecule has 5 nitrogen and oxygen atoms in total. The maximum absolute atomic E-state index is 0. The molecule has 0 spiro atoms. The average molecular weight is 265 g/mol. The summed E-state index contributed by atoms with van der Waals surface area (Å²) in [4.78, 5) is 0. The van der Waals surface area contributed by atoms with Gasteiger partial charge in [0.25, 0.3) is 0 Å². The second-order valence-corrected chi connectivity index (χ2v) is 0. The van der Waals surface area contributed by atoms with Crippen molar-refractivity contribution in [1.29, 1.82) is 0 Å². The monoisotopic (exact) mass is 262 g/mol. The fourth-order valence-electron chi connectivity index (χ4n) is 0. The van der Waals surface area contributed by atoms with E-state index in [2.05, 4.69) is 0 Å². The van der Waals surface area contributed by atoms with E-state index in [-0.39, 0.29) is 101 Å². The van der Waals surface area contributed by atoms with Gasteiger partial charge in [-0.1, -0.05) is 0 Å². The molecule has 0 saturated carbocycles. The summed E-state index contributed by atoms with van der Waals surface area (Å²) < 4.78 is 0. The third-order valence-electron chi connectivity index (χ3n) is 0. The Bertz CT molecular complexity index is 12.9. The second-order valence-electron chi connectivity index (χ2n) is 0. The van der Waals surface area contributed by atoms with E-state index in [0.717, 1.165) is 0 Å². The van der Waals surface area contributed by atoms with E-state index < -0.39 is 0 Å². The van der Waals surface area contributed by atoms with Crippen LogP contribution in [0.5, 0.6) is 0 Å². The van der Waals surface area contributed by atoms with E-state index in [1.165, 1.54) is 0 Å². The molecular weight excluding hydrogens is 265 g/mol. The normalized spacial score (nSPS) is 0. The third kappa shape index (κ3) is 149. The van der Waals surface area contributed by atoms with E-state index in [0.29, 0.717) is 0 Å². The summed E-state index contributed by atoms with van der Waals surface area (Å²) in [5, 5.41) is 0. The van der Waals surface area contributed by atoms with Gasteiger partial charge in [-0.25, -0.2) is 0 Å². The third-order valence-corrected chi connectivity index (χ3v) is 0. The Morgan fingerprint density at radius 2 is 0.333 bits per heavy atom. The van der Waals surface area contributed by atoms with Crippen molar-refractivity contribution < 1.29 is 66.3 Å². The molecule has 0 aromatic carbocycles. The molecule has 0 radical (unpaired) electrons. The predicted molar refractivity (Wildman–Crippen MR) is 14.9 cm³/mol. The second kappa shape index (κ2) is 188. The molecule has 0 amide bonds. The molecule has 0 aromatic rings. The van der Waals surface area contributed by atoms with Gasteiger partial charge in [0.15, 0.2) is 0 Å². The Kier molecular flexibility index (Phi) is 5330. The van der Waals surface area contributed by atoms with Crippen LogP contribution in [0, 0.1) is 0 Å². The molecule has 9 heavy (non-hydrogen) atoms. The van der Waals surface area contributed by atoms with Crippen LogP contribution in [0.4, 0.5) is 0 Å². The molecular formula is Al2O5Zn2. The number of hydrogen-bond acceptors (Lipinski definition) is 0. The van der Waals surface area contributed by atoms with Crippen molar-refractivity contribution >= 4 is 34.7 Å². The molecule has 0 heterocycles. The number of hydrogen-bond donors (Lipinski definition) is 0. The van der Waals surface area contributed by atoms with E-state index in [4.69, 9.17) is 0 Å². The zero-order valence-electron chi connectivity index (χ0n) is 4.61. The van der Waals surface area contributed by atoms with Crippen molar-refractivity contribution in [2.45, 2.75) is 0 Å². The van der Waals surface area contributed by atoms with Crippen LogP contribution in [0.15, 0.2) is 0 Å². The SMILES string of the molecule is [Al+3].[Al+3].[O-2].[O-2].[O-2].[O-2].[O-2].[Zn+2].[Zn+2]. The molecule has 0 saturated heterocycles. The summed E-state index contributed by atoms with van der Waals surface area (Å²) in [6, 6.07) is 0. The minimum Gasteiger partial charge on any atom is -2.00 e. The van der Waals surface area contributed by atoms with E-state index in [1.54, 1.807) is 0 Å². The summed E-state index contributed by atoms with van der Waals surface area (Å²) in [5.41, 5.74) is 0. The molecule has 0 bridgehead atoms. The van der Waals surface area contributed by atoms with Gasteiger partial charge in [0.05, 0.1) is 0 Å². The molecule has 0 atom stereocenters. The van der Waals surface area contributed by atoms with E-state index in [9.17, 15) is 0 Å². The van der Waals surface area contributed by atoms with Crippen LogP contribution in [0.25, 0.3) is 0 Å². The van der Waals surface area contributed by atoms with Gasteiger partial charge in [-0.2, -0.15) is 0 Å². The zero-order chi connectivity index (χ0) is 0. The summed E-state index contributed by atoms with van der Waals surface area (Å²) in [6.45, 7) is 0. The van der Waals surface area contributed by atoms with E-state index in [1.807, 2.05) is 0 Å². The molecule has 0 unspecified atom stereocenters. The minimum absolute atomic E-state index is 0. The summed E-state index contributed by atoms with van der Waals surface area (Å²) in [7, 11) is 0. The molecule has 0 N–H and O–H groups in total. The van der Waals surface area contributed by atoms with Gasteiger partial charge < -0.3 is 27.4 Å². The molecule has 0 aliphatic rings. The van der Waals surface area contributed by atoms with Gasteiger partial charge in [-0.05, 0) is 0 Å². The molecule has 0 aliphatic carbocycles. The van der Waals surface area contributed by atoms with Gasteiger partial charge in [0.2, 0.25) is 0 Å². The fraction of sp³-hybridized carbons (Fsp3) is 0. The van der Waals surface area contributed by atoms with Gasteiger partial charge in [-0.3, -0.25) is 0 Å². The van der Waals surface area contributed by atoms with Crippen molar-refractivity contribution in [3.63, 3.8) is 0 Å². The maximum atomic E-state index is 0. The maximum Gasteiger partial charge on any atom is 3.00 e. The summed E-state index contributed by atoms with van der Waals surface area (Å²) in [5.74, 6) is 0. The molecule has 0 fully saturated rings. The standard InChI is InChI=1S/2Al.5O.2Zn/q2*+3;5*-2;2*+2.